The van der Waals surface area contributed by atoms with Crippen molar-refractivity contribution in [3.8, 4) is 0 Å². The Morgan fingerprint density at radius 2 is 1.75 bits per heavy atom. The fourth-order valence-electron chi connectivity index (χ4n) is 1.90. The summed E-state index contributed by atoms with van der Waals surface area (Å²) in [7, 11) is 0. The number of aryl methyl sites for hydroxylation is 2. The molecule has 0 amide bonds. The second kappa shape index (κ2) is 7.61. The van der Waals surface area contributed by atoms with E-state index >= 15 is 0 Å². The lowest BCUT2D eigenvalue weighted by Crippen LogP contribution is -2.07. The lowest BCUT2D eigenvalue weighted by molar-refractivity contribution is 0.973. The molecule has 90 valence electrons. The summed E-state index contributed by atoms with van der Waals surface area (Å²) in [5.41, 5.74) is 4.28. The fourth-order valence-corrected chi connectivity index (χ4v) is 2.33. The van der Waals surface area contributed by atoms with Crippen molar-refractivity contribution < 1.29 is 0 Å². The molecule has 0 fully saturated rings. The van der Waals surface area contributed by atoms with Gasteiger partial charge < -0.3 is 5.32 Å². The highest BCUT2D eigenvalue weighted by atomic mass is 32.2. The van der Waals surface area contributed by atoms with Crippen molar-refractivity contribution >= 4 is 17.4 Å². The van der Waals surface area contributed by atoms with E-state index < -0.39 is 0 Å². The molecular formula is C14H23NS. The Hall–Kier alpha value is -0.630. The van der Waals surface area contributed by atoms with Gasteiger partial charge in [-0.15, -0.1) is 0 Å². The van der Waals surface area contributed by atoms with Crippen molar-refractivity contribution in [2.45, 2.75) is 33.1 Å². The van der Waals surface area contributed by atoms with Gasteiger partial charge in [0.05, 0.1) is 0 Å². The van der Waals surface area contributed by atoms with E-state index in [1.54, 1.807) is 0 Å². The molecule has 16 heavy (non-hydrogen) atoms. The Labute approximate surface area is 104 Å². The molecule has 0 heterocycles. The lowest BCUT2D eigenvalue weighted by atomic mass is 10.0. The minimum atomic E-state index is 1.09. The predicted octanol–water partition coefficient (Wildman–Crippen LogP) is 3.98. The van der Waals surface area contributed by atoms with E-state index in [0.717, 1.165) is 19.4 Å². The highest BCUT2D eigenvalue weighted by Gasteiger charge is 2.04. The molecule has 1 aromatic carbocycles. The molecule has 1 aromatic rings. The van der Waals surface area contributed by atoms with Crippen LogP contribution in [0, 0.1) is 0 Å². The minimum absolute atomic E-state index is 1.09. The maximum atomic E-state index is 3.61. The van der Waals surface area contributed by atoms with E-state index in [1.165, 1.54) is 29.0 Å². The van der Waals surface area contributed by atoms with Gasteiger partial charge in [0, 0.05) is 12.2 Å². The van der Waals surface area contributed by atoms with Crippen LogP contribution in [-0.2, 0) is 12.8 Å². The molecule has 0 bridgehead atoms. The first kappa shape index (κ1) is 13.4. The Kier molecular flexibility index (Phi) is 6.39. The third kappa shape index (κ3) is 3.75. The van der Waals surface area contributed by atoms with Crippen LogP contribution in [0.1, 0.15) is 31.4 Å². The zero-order valence-electron chi connectivity index (χ0n) is 10.7. The van der Waals surface area contributed by atoms with Gasteiger partial charge in [-0.2, -0.15) is 11.8 Å². The Bertz CT molecular complexity index is 287. The maximum absolute atomic E-state index is 3.61. The van der Waals surface area contributed by atoms with Crippen molar-refractivity contribution in [1.29, 1.82) is 0 Å². The molecule has 0 aromatic heterocycles. The van der Waals surface area contributed by atoms with Crippen LogP contribution in [0.25, 0.3) is 0 Å². The van der Waals surface area contributed by atoms with Gasteiger partial charge in [0.15, 0.2) is 0 Å². The molecule has 0 unspecified atom stereocenters. The molecule has 0 atom stereocenters. The quantitative estimate of drug-likeness (QED) is 0.720. The van der Waals surface area contributed by atoms with Gasteiger partial charge in [-0.05, 0) is 42.4 Å². The fraction of sp³-hybridized carbons (Fsp3) is 0.571. The highest BCUT2D eigenvalue weighted by molar-refractivity contribution is 7.98. The van der Waals surface area contributed by atoms with Crippen LogP contribution in [0.5, 0.6) is 0 Å². The second-order valence-electron chi connectivity index (χ2n) is 3.93. The van der Waals surface area contributed by atoms with Gasteiger partial charge in [0.2, 0.25) is 0 Å². The maximum Gasteiger partial charge on any atom is 0.0405 e. The summed E-state index contributed by atoms with van der Waals surface area (Å²) in [5, 5.41) is 3.61. The summed E-state index contributed by atoms with van der Waals surface area (Å²) >= 11 is 1.92. The largest absolute Gasteiger partial charge is 0.385 e. The summed E-state index contributed by atoms with van der Waals surface area (Å²) in [6.07, 6.45) is 5.62. The Balaban J connectivity index is 2.67. The standard InChI is InChI=1S/C14H23NS/c1-4-12-8-6-9-13(5-2)14(12)15-10-7-11-16-3/h6,8-9,15H,4-5,7,10-11H2,1-3H3. The Morgan fingerprint density at radius 3 is 2.25 bits per heavy atom. The second-order valence-corrected chi connectivity index (χ2v) is 4.92. The molecule has 0 aliphatic carbocycles. The van der Waals surface area contributed by atoms with Crippen LogP contribution >= 0.6 is 11.8 Å². The van der Waals surface area contributed by atoms with E-state index in [9.17, 15) is 0 Å². The zero-order chi connectivity index (χ0) is 11.8. The summed E-state index contributed by atoms with van der Waals surface area (Å²) in [6, 6.07) is 6.64. The topological polar surface area (TPSA) is 12.0 Å². The smallest absolute Gasteiger partial charge is 0.0405 e. The van der Waals surface area contributed by atoms with Gasteiger partial charge in [-0.25, -0.2) is 0 Å². The number of benzene rings is 1. The molecule has 0 saturated carbocycles. The number of nitrogens with one attached hydrogen (secondary N) is 1. The summed E-state index contributed by atoms with van der Waals surface area (Å²) in [4.78, 5) is 0. The van der Waals surface area contributed by atoms with Crippen molar-refractivity contribution in [3.05, 3.63) is 29.3 Å². The highest BCUT2D eigenvalue weighted by Crippen LogP contribution is 2.22. The Morgan fingerprint density at radius 1 is 1.12 bits per heavy atom. The normalized spacial score (nSPS) is 10.4. The van der Waals surface area contributed by atoms with Gasteiger partial charge in [-0.1, -0.05) is 32.0 Å². The first-order valence-electron chi connectivity index (χ1n) is 6.17. The van der Waals surface area contributed by atoms with E-state index in [-0.39, 0.29) is 0 Å². The molecule has 0 radical (unpaired) electrons. The molecule has 0 aliphatic rings. The first-order chi connectivity index (χ1) is 7.83. The van der Waals surface area contributed by atoms with Crippen molar-refractivity contribution in [3.63, 3.8) is 0 Å². The van der Waals surface area contributed by atoms with Crippen molar-refractivity contribution in [2.24, 2.45) is 0 Å². The van der Waals surface area contributed by atoms with Crippen molar-refractivity contribution in [2.75, 3.05) is 23.9 Å². The molecule has 1 nitrogen and oxygen atoms in total. The number of hydrogen-bond donors (Lipinski definition) is 1. The van der Waals surface area contributed by atoms with Gasteiger partial charge >= 0.3 is 0 Å². The molecule has 0 aliphatic heterocycles. The summed E-state index contributed by atoms with van der Waals surface area (Å²) in [5.74, 6) is 1.24. The molecule has 2 heteroatoms. The number of anilines is 1. The van der Waals surface area contributed by atoms with Gasteiger partial charge in [0.1, 0.15) is 0 Å². The summed E-state index contributed by atoms with van der Waals surface area (Å²) < 4.78 is 0. The summed E-state index contributed by atoms with van der Waals surface area (Å²) in [6.45, 7) is 5.54. The van der Waals surface area contributed by atoms with Gasteiger partial charge in [-0.3, -0.25) is 0 Å². The molecular weight excluding hydrogens is 214 g/mol. The predicted molar refractivity (Wildman–Crippen MR) is 76.7 cm³/mol. The van der Waals surface area contributed by atoms with Crippen LogP contribution in [0.2, 0.25) is 0 Å². The van der Waals surface area contributed by atoms with E-state index in [2.05, 4.69) is 43.6 Å². The average molecular weight is 237 g/mol. The average Bonchev–Trinajstić information content (AvgIpc) is 2.34. The molecule has 1 N–H and O–H groups in total. The van der Waals surface area contributed by atoms with Gasteiger partial charge in [0.25, 0.3) is 0 Å². The zero-order valence-corrected chi connectivity index (χ0v) is 11.5. The van der Waals surface area contributed by atoms with Crippen LogP contribution in [0.3, 0.4) is 0 Å². The van der Waals surface area contributed by atoms with Crippen LogP contribution in [0.15, 0.2) is 18.2 Å². The monoisotopic (exact) mass is 237 g/mol. The van der Waals surface area contributed by atoms with E-state index in [1.807, 2.05) is 11.8 Å². The minimum Gasteiger partial charge on any atom is -0.385 e. The molecule has 0 saturated heterocycles. The number of thioether (sulfide) groups is 1. The lowest BCUT2D eigenvalue weighted by Gasteiger charge is -2.15. The van der Waals surface area contributed by atoms with Crippen molar-refractivity contribution in [1.82, 2.24) is 0 Å². The molecule has 1 rings (SSSR count). The van der Waals surface area contributed by atoms with Crippen LogP contribution in [-0.4, -0.2) is 18.6 Å². The van der Waals surface area contributed by atoms with E-state index in [4.69, 9.17) is 0 Å². The van der Waals surface area contributed by atoms with Crippen LogP contribution < -0.4 is 5.32 Å². The number of para-hydroxylation sites is 1. The first-order valence-corrected chi connectivity index (χ1v) is 7.56. The van der Waals surface area contributed by atoms with Crippen LogP contribution in [0.4, 0.5) is 5.69 Å². The third-order valence-corrected chi connectivity index (χ3v) is 3.52. The number of rotatable bonds is 7. The SMILES string of the molecule is CCc1cccc(CC)c1NCCCSC. The van der Waals surface area contributed by atoms with E-state index in [0.29, 0.717) is 0 Å². The third-order valence-electron chi connectivity index (χ3n) is 2.83. The number of hydrogen-bond acceptors (Lipinski definition) is 2. The molecule has 0 spiro atoms.